The summed E-state index contributed by atoms with van der Waals surface area (Å²) in [6.07, 6.45) is 4.78. The van der Waals surface area contributed by atoms with Gasteiger partial charge in [-0.15, -0.1) is 0 Å². The second kappa shape index (κ2) is 7.38. The van der Waals surface area contributed by atoms with Crippen molar-refractivity contribution in [2.24, 2.45) is 5.41 Å². The van der Waals surface area contributed by atoms with Gasteiger partial charge >= 0.3 is 0 Å². The van der Waals surface area contributed by atoms with Crippen LogP contribution in [0.25, 0.3) is 0 Å². The highest BCUT2D eigenvalue weighted by molar-refractivity contribution is 4.79. The maximum atomic E-state index is 5.49. The Morgan fingerprint density at radius 1 is 1.12 bits per heavy atom. The zero-order chi connectivity index (χ0) is 13.5. The van der Waals surface area contributed by atoms with Gasteiger partial charge in [-0.2, -0.15) is 0 Å². The van der Waals surface area contributed by atoms with Gasteiger partial charge < -0.3 is 10.1 Å². The summed E-state index contributed by atoms with van der Waals surface area (Å²) in [5.74, 6) is 0. The van der Waals surface area contributed by atoms with E-state index in [0.29, 0.717) is 11.5 Å². The molecule has 0 saturated carbocycles. The Morgan fingerprint density at radius 3 is 2.18 bits per heavy atom. The molecule has 0 aliphatic heterocycles. The van der Waals surface area contributed by atoms with E-state index >= 15 is 0 Å². The van der Waals surface area contributed by atoms with Gasteiger partial charge in [-0.1, -0.05) is 20.8 Å². The van der Waals surface area contributed by atoms with E-state index < -0.39 is 0 Å². The molecule has 0 heterocycles. The lowest BCUT2D eigenvalue weighted by molar-refractivity contribution is 0.00470. The van der Waals surface area contributed by atoms with Crippen molar-refractivity contribution in [3.63, 3.8) is 0 Å². The molecule has 0 spiro atoms. The first-order valence-electron chi connectivity index (χ1n) is 7.01. The molecule has 0 amide bonds. The van der Waals surface area contributed by atoms with Gasteiger partial charge in [0.25, 0.3) is 0 Å². The average molecular weight is 243 g/mol. The van der Waals surface area contributed by atoms with Crippen LogP contribution in [0.15, 0.2) is 0 Å². The largest absolute Gasteiger partial charge is 0.379 e. The van der Waals surface area contributed by atoms with E-state index in [0.717, 1.165) is 13.0 Å². The van der Waals surface area contributed by atoms with E-state index in [1.165, 1.54) is 19.3 Å². The van der Waals surface area contributed by atoms with Crippen LogP contribution in [0.4, 0.5) is 0 Å². The number of hydrogen-bond donors (Lipinski definition) is 1. The van der Waals surface area contributed by atoms with Crippen LogP contribution in [-0.4, -0.2) is 25.3 Å². The number of hydrogen-bond acceptors (Lipinski definition) is 2. The summed E-state index contributed by atoms with van der Waals surface area (Å²) in [6, 6.07) is 0.607. The Balaban J connectivity index is 4.02. The molecule has 0 rings (SSSR count). The summed E-state index contributed by atoms with van der Waals surface area (Å²) < 4.78 is 5.49. The summed E-state index contributed by atoms with van der Waals surface area (Å²) in [5.41, 5.74) is 0.396. The third-order valence-electron chi connectivity index (χ3n) is 3.56. The fourth-order valence-corrected chi connectivity index (χ4v) is 2.14. The molecule has 0 aliphatic rings. The smallest absolute Gasteiger partial charge is 0.0623 e. The normalized spacial score (nSPS) is 15.0. The summed E-state index contributed by atoms with van der Waals surface area (Å²) in [7, 11) is 1.80. The minimum absolute atomic E-state index is 0.0113. The van der Waals surface area contributed by atoms with Gasteiger partial charge in [0.2, 0.25) is 0 Å². The van der Waals surface area contributed by atoms with Crippen molar-refractivity contribution in [2.45, 2.75) is 78.9 Å². The highest BCUT2D eigenvalue weighted by Gasteiger charge is 2.25. The zero-order valence-corrected chi connectivity index (χ0v) is 13.0. The summed E-state index contributed by atoms with van der Waals surface area (Å²) in [5, 5.41) is 3.57. The number of nitrogens with one attached hydrogen (secondary N) is 1. The molecule has 17 heavy (non-hydrogen) atoms. The van der Waals surface area contributed by atoms with Crippen LogP contribution < -0.4 is 5.32 Å². The minimum atomic E-state index is 0.0113. The van der Waals surface area contributed by atoms with E-state index in [2.05, 4.69) is 46.9 Å². The van der Waals surface area contributed by atoms with E-state index in [9.17, 15) is 0 Å². The predicted octanol–water partition coefficient (Wildman–Crippen LogP) is 4.00. The van der Waals surface area contributed by atoms with Crippen molar-refractivity contribution in [3.05, 3.63) is 0 Å². The average Bonchev–Trinajstić information content (AvgIpc) is 2.23. The molecule has 0 aliphatic carbocycles. The Hall–Kier alpha value is -0.0800. The molecule has 0 aromatic rings. The maximum absolute atomic E-state index is 5.49. The lowest BCUT2D eigenvalue weighted by atomic mass is 9.79. The van der Waals surface area contributed by atoms with Crippen molar-refractivity contribution >= 4 is 0 Å². The first kappa shape index (κ1) is 16.9. The lowest BCUT2D eigenvalue weighted by Crippen LogP contribution is -2.33. The predicted molar refractivity (Wildman–Crippen MR) is 76.5 cm³/mol. The van der Waals surface area contributed by atoms with Gasteiger partial charge in [-0.05, 0) is 58.4 Å². The van der Waals surface area contributed by atoms with Gasteiger partial charge in [0, 0.05) is 13.2 Å². The van der Waals surface area contributed by atoms with Crippen LogP contribution >= 0.6 is 0 Å². The molecule has 1 atom stereocenters. The van der Waals surface area contributed by atoms with E-state index in [-0.39, 0.29) is 5.60 Å². The Bertz CT molecular complexity index is 199. The van der Waals surface area contributed by atoms with Gasteiger partial charge in [-0.3, -0.25) is 0 Å². The standard InChI is InChI=1S/C15H33NO/c1-8-11-16-13(2)12-14(3,4)9-10-15(5,6)17-7/h13,16H,8-12H2,1-7H3. The minimum Gasteiger partial charge on any atom is -0.379 e. The van der Waals surface area contributed by atoms with Crippen molar-refractivity contribution in [1.29, 1.82) is 0 Å². The molecule has 0 bridgehead atoms. The highest BCUT2D eigenvalue weighted by Crippen LogP contribution is 2.31. The SMILES string of the molecule is CCCNC(C)CC(C)(C)CCC(C)(C)OC. The van der Waals surface area contributed by atoms with Crippen molar-refractivity contribution < 1.29 is 4.74 Å². The van der Waals surface area contributed by atoms with E-state index in [1.807, 2.05) is 0 Å². The lowest BCUT2D eigenvalue weighted by Gasteiger charge is -2.32. The van der Waals surface area contributed by atoms with Crippen LogP contribution in [-0.2, 0) is 4.74 Å². The fraction of sp³-hybridized carbons (Fsp3) is 1.00. The molecule has 2 nitrogen and oxygen atoms in total. The van der Waals surface area contributed by atoms with Crippen LogP contribution in [0.3, 0.4) is 0 Å². The van der Waals surface area contributed by atoms with Gasteiger partial charge in [0.1, 0.15) is 0 Å². The topological polar surface area (TPSA) is 21.3 Å². The molecular formula is C15H33NO. The van der Waals surface area contributed by atoms with Crippen molar-refractivity contribution in [2.75, 3.05) is 13.7 Å². The van der Waals surface area contributed by atoms with Crippen LogP contribution in [0, 0.1) is 5.41 Å². The first-order valence-corrected chi connectivity index (χ1v) is 7.01. The number of ether oxygens (including phenoxy) is 1. The molecule has 0 aromatic heterocycles. The summed E-state index contributed by atoms with van der Waals surface area (Å²) >= 11 is 0. The molecule has 1 unspecified atom stereocenters. The van der Waals surface area contributed by atoms with Crippen LogP contribution in [0.1, 0.15) is 67.2 Å². The first-order chi connectivity index (χ1) is 7.72. The fourth-order valence-electron chi connectivity index (χ4n) is 2.14. The maximum Gasteiger partial charge on any atom is 0.0623 e. The second-order valence-corrected chi connectivity index (χ2v) is 6.69. The van der Waals surface area contributed by atoms with Crippen LogP contribution in [0.2, 0.25) is 0 Å². The third kappa shape index (κ3) is 8.62. The van der Waals surface area contributed by atoms with Crippen molar-refractivity contribution in [1.82, 2.24) is 5.32 Å². The monoisotopic (exact) mass is 243 g/mol. The Labute approximate surface area is 109 Å². The van der Waals surface area contributed by atoms with Gasteiger partial charge in [-0.25, -0.2) is 0 Å². The highest BCUT2D eigenvalue weighted by atomic mass is 16.5. The molecule has 1 N–H and O–H groups in total. The zero-order valence-electron chi connectivity index (χ0n) is 13.0. The summed E-state index contributed by atoms with van der Waals surface area (Å²) in [4.78, 5) is 0. The molecular weight excluding hydrogens is 210 g/mol. The molecule has 0 saturated heterocycles. The molecule has 2 heteroatoms. The van der Waals surface area contributed by atoms with Gasteiger partial charge in [0.15, 0.2) is 0 Å². The number of rotatable bonds is 9. The van der Waals surface area contributed by atoms with Gasteiger partial charge in [0.05, 0.1) is 5.60 Å². The number of methoxy groups -OCH3 is 1. The quantitative estimate of drug-likeness (QED) is 0.661. The molecule has 0 aromatic carbocycles. The second-order valence-electron chi connectivity index (χ2n) is 6.69. The van der Waals surface area contributed by atoms with Crippen molar-refractivity contribution in [3.8, 4) is 0 Å². The Kier molecular flexibility index (Phi) is 7.34. The summed E-state index contributed by atoms with van der Waals surface area (Å²) in [6.45, 7) is 14.7. The van der Waals surface area contributed by atoms with E-state index in [4.69, 9.17) is 4.74 Å². The molecule has 0 fully saturated rings. The van der Waals surface area contributed by atoms with E-state index in [1.54, 1.807) is 7.11 Å². The van der Waals surface area contributed by atoms with Crippen LogP contribution in [0.5, 0.6) is 0 Å². The molecule has 104 valence electrons. The Morgan fingerprint density at radius 2 is 1.71 bits per heavy atom. The molecule has 0 radical (unpaired) electrons. The third-order valence-corrected chi connectivity index (χ3v) is 3.56.